The summed E-state index contributed by atoms with van der Waals surface area (Å²) < 4.78 is 42.0. The van der Waals surface area contributed by atoms with E-state index in [2.05, 4.69) is 10.3 Å². The maximum absolute atomic E-state index is 12.3. The van der Waals surface area contributed by atoms with Crippen molar-refractivity contribution in [3.05, 3.63) is 24.0 Å². The molecule has 0 aromatic carbocycles. The highest BCUT2D eigenvalue weighted by molar-refractivity contribution is 5.84. The maximum atomic E-state index is 12.3. The van der Waals surface area contributed by atoms with Crippen molar-refractivity contribution in [2.75, 3.05) is 5.32 Å². The summed E-state index contributed by atoms with van der Waals surface area (Å²) in [6.07, 6.45) is -7.28. The molecule has 1 heterocycles. The highest BCUT2D eigenvalue weighted by Gasteiger charge is 2.40. The van der Waals surface area contributed by atoms with Crippen LogP contribution in [0.5, 0.6) is 0 Å². The Morgan fingerprint density at radius 2 is 2.00 bits per heavy atom. The van der Waals surface area contributed by atoms with Gasteiger partial charge in [0.15, 0.2) is 6.10 Å². The molecule has 0 spiro atoms. The Bertz CT molecular complexity index is 484. The lowest BCUT2D eigenvalue weighted by Crippen LogP contribution is -2.27. The molecule has 0 radical (unpaired) electrons. The summed E-state index contributed by atoms with van der Waals surface area (Å²) in [7, 11) is 0. The highest BCUT2D eigenvalue weighted by Crippen LogP contribution is 2.32. The van der Waals surface area contributed by atoms with Crippen molar-refractivity contribution in [2.24, 2.45) is 0 Å². The zero-order valence-corrected chi connectivity index (χ0v) is 11.2. The van der Waals surface area contributed by atoms with Gasteiger partial charge >= 0.3 is 12.3 Å². The lowest BCUT2D eigenvalue weighted by atomic mass is 10.2. The number of aliphatic hydroxyl groups is 1. The Hall–Kier alpha value is -1.83. The quantitative estimate of drug-likeness (QED) is 0.879. The van der Waals surface area contributed by atoms with E-state index in [1.54, 1.807) is 20.8 Å². The van der Waals surface area contributed by atoms with E-state index < -0.39 is 29.7 Å². The number of amides is 1. The molecule has 0 saturated carbocycles. The van der Waals surface area contributed by atoms with Crippen LogP contribution in [0.3, 0.4) is 0 Å². The number of ether oxygens (including phenoxy) is 1. The summed E-state index contributed by atoms with van der Waals surface area (Å²) in [6, 6.07) is 2.22. The number of hydrogen-bond donors (Lipinski definition) is 2. The summed E-state index contributed by atoms with van der Waals surface area (Å²) >= 11 is 0. The molecule has 0 saturated heterocycles. The van der Waals surface area contributed by atoms with Gasteiger partial charge in [-0.3, -0.25) is 10.3 Å². The average molecular weight is 292 g/mol. The van der Waals surface area contributed by atoms with E-state index in [4.69, 9.17) is 9.84 Å². The van der Waals surface area contributed by atoms with E-state index in [1.165, 1.54) is 6.07 Å². The zero-order valence-electron chi connectivity index (χ0n) is 11.2. The number of nitrogens with zero attached hydrogens (tertiary/aromatic N) is 1. The maximum Gasteiger partial charge on any atom is 0.420 e. The van der Waals surface area contributed by atoms with Crippen LogP contribution in [0.15, 0.2) is 18.3 Å². The number of anilines is 1. The van der Waals surface area contributed by atoms with Gasteiger partial charge < -0.3 is 9.84 Å². The summed E-state index contributed by atoms with van der Waals surface area (Å²) in [6.45, 7) is 4.95. The number of hydrogen-bond acceptors (Lipinski definition) is 4. The van der Waals surface area contributed by atoms with E-state index in [9.17, 15) is 18.0 Å². The molecule has 1 atom stereocenters. The number of aliphatic hydroxyl groups excluding tert-OH is 1. The summed E-state index contributed by atoms with van der Waals surface area (Å²) in [4.78, 5) is 14.9. The fourth-order valence-electron chi connectivity index (χ4n) is 1.26. The largest absolute Gasteiger partial charge is 0.444 e. The minimum Gasteiger partial charge on any atom is -0.444 e. The van der Waals surface area contributed by atoms with Gasteiger partial charge in [0.25, 0.3) is 0 Å². The Balaban J connectivity index is 2.82. The standard InChI is InChI=1S/C12H15F3N2O3/c1-11(2,3)20-10(19)17-7-4-5-16-8(6-7)9(18)12(13,14)15/h4-6,9,18H,1-3H3,(H,16,17,19). The molecule has 0 bridgehead atoms. The third-order valence-corrected chi connectivity index (χ3v) is 2.02. The SMILES string of the molecule is CC(C)(C)OC(=O)Nc1ccnc(C(O)C(F)(F)F)c1. The van der Waals surface area contributed by atoms with Crippen molar-refractivity contribution in [3.8, 4) is 0 Å². The van der Waals surface area contributed by atoms with Crippen LogP contribution >= 0.6 is 0 Å². The van der Waals surface area contributed by atoms with Gasteiger partial charge in [-0.15, -0.1) is 0 Å². The van der Waals surface area contributed by atoms with Crippen LogP contribution in [0.4, 0.5) is 23.7 Å². The Morgan fingerprint density at radius 3 is 2.50 bits per heavy atom. The minimum atomic E-state index is -4.82. The molecule has 2 N–H and O–H groups in total. The Morgan fingerprint density at radius 1 is 1.40 bits per heavy atom. The highest BCUT2D eigenvalue weighted by atomic mass is 19.4. The molecule has 0 fully saturated rings. The predicted octanol–water partition coefficient (Wildman–Crippen LogP) is 3.02. The number of rotatable bonds is 2. The van der Waals surface area contributed by atoms with Gasteiger partial charge in [-0.2, -0.15) is 13.2 Å². The number of pyridine rings is 1. The van der Waals surface area contributed by atoms with Crippen molar-refractivity contribution in [1.29, 1.82) is 0 Å². The van der Waals surface area contributed by atoms with Gasteiger partial charge in [0, 0.05) is 11.9 Å². The molecule has 0 aliphatic rings. The molecule has 8 heteroatoms. The summed E-state index contributed by atoms with van der Waals surface area (Å²) in [5.41, 5.74) is -1.29. The van der Waals surface area contributed by atoms with E-state index in [-0.39, 0.29) is 5.69 Å². The second kappa shape index (κ2) is 5.66. The van der Waals surface area contributed by atoms with Crippen LogP contribution in [0.2, 0.25) is 0 Å². The van der Waals surface area contributed by atoms with Crippen molar-refractivity contribution >= 4 is 11.8 Å². The van der Waals surface area contributed by atoms with Gasteiger partial charge in [0.1, 0.15) is 5.60 Å². The van der Waals surface area contributed by atoms with E-state index in [1.807, 2.05) is 0 Å². The molecule has 1 aromatic rings. The summed E-state index contributed by atoms with van der Waals surface area (Å²) in [5.74, 6) is 0. The molecule has 0 aliphatic heterocycles. The molecule has 5 nitrogen and oxygen atoms in total. The van der Waals surface area contributed by atoms with Crippen molar-refractivity contribution in [2.45, 2.75) is 38.7 Å². The second-order valence-electron chi connectivity index (χ2n) is 5.04. The molecular weight excluding hydrogens is 277 g/mol. The molecule has 1 rings (SSSR count). The average Bonchev–Trinajstić information content (AvgIpc) is 2.24. The first-order chi connectivity index (χ1) is 8.99. The van der Waals surface area contributed by atoms with E-state index in [0.29, 0.717) is 0 Å². The lowest BCUT2D eigenvalue weighted by Gasteiger charge is -2.20. The summed E-state index contributed by atoms with van der Waals surface area (Å²) in [5, 5.41) is 11.3. The van der Waals surface area contributed by atoms with Crippen LogP contribution in [0.1, 0.15) is 32.6 Å². The molecule has 1 unspecified atom stereocenters. The Labute approximate surface area is 113 Å². The third kappa shape index (κ3) is 5.04. The van der Waals surface area contributed by atoms with Gasteiger partial charge in [-0.25, -0.2) is 4.79 Å². The van der Waals surface area contributed by atoms with Gasteiger partial charge in [0.2, 0.25) is 0 Å². The van der Waals surface area contributed by atoms with Crippen LogP contribution in [-0.2, 0) is 4.74 Å². The van der Waals surface area contributed by atoms with E-state index in [0.717, 1.165) is 12.3 Å². The van der Waals surface area contributed by atoms with Gasteiger partial charge in [-0.05, 0) is 32.9 Å². The molecule has 0 aliphatic carbocycles. The van der Waals surface area contributed by atoms with Crippen molar-refractivity contribution in [3.63, 3.8) is 0 Å². The van der Waals surface area contributed by atoms with Crippen LogP contribution in [-0.4, -0.2) is 28.0 Å². The van der Waals surface area contributed by atoms with Gasteiger partial charge in [-0.1, -0.05) is 0 Å². The fraction of sp³-hybridized carbons (Fsp3) is 0.500. The molecule has 1 aromatic heterocycles. The number of carbonyl (C=O) groups is 1. The topological polar surface area (TPSA) is 71.5 Å². The van der Waals surface area contributed by atoms with E-state index >= 15 is 0 Å². The molecular formula is C12H15F3N2O3. The molecule has 20 heavy (non-hydrogen) atoms. The first kappa shape index (κ1) is 16.2. The Kier molecular flexibility index (Phi) is 4.59. The van der Waals surface area contributed by atoms with Crippen LogP contribution < -0.4 is 5.32 Å². The first-order valence-electron chi connectivity index (χ1n) is 5.70. The lowest BCUT2D eigenvalue weighted by molar-refractivity contribution is -0.207. The van der Waals surface area contributed by atoms with Gasteiger partial charge in [0.05, 0.1) is 5.69 Å². The van der Waals surface area contributed by atoms with Crippen molar-refractivity contribution < 1.29 is 27.8 Å². The number of aromatic nitrogens is 1. The third-order valence-electron chi connectivity index (χ3n) is 2.02. The first-order valence-corrected chi connectivity index (χ1v) is 5.70. The fourth-order valence-corrected chi connectivity index (χ4v) is 1.26. The number of nitrogens with one attached hydrogen (secondary N) is 1. The zero-order chi connectivity index (χ0) is 15.6. The second-order valence-corrected chi connectivity index (χ2v) is 5.04. The monoisotopic (exact) mass is 292 g/mol. The molecule has 1 amide bonds. The van der Waals surface area contributed by atoms with Crippen LogP contribution in [0.25, 0.3) is 0 Å². The smallest absolute Gasteiger partial charge is 0.420 e. The number of halogens is 3. The number of alkyl halides is 3. The number of carbonyl (C=O) groups excluding carboxylic acids is 1. The normalized spacial score (nSPS) is 13.8. The van der Waals surface area contributed by atoms with Crippen molar-refractivity contribution in [1.82, 2.24) is 4.98 Å². The van der Waals surface area contributed by atoms with Crippen LogP contribution in [0, 0.1) is 0 Å². The predicted molar refractivity (Wildman–Crippen MR) is 65.1 cm³/mol. The molecule has 112 valence electrons. The minimum absolute atomic E-state index is 0.0487.